The van der Waals surface area contributed by atoms with Gasteiger partial charge in [0.1, 0.15) is 6.04 Å². The Morgan fingerprint density at radius 2 is 1.53 bits per heavy atom. The second-order valence-corrected chi connectivity index (χ2v) is 4.92. The molecule has 3 rings (SSSR count). The molecule has 1 N–H and O–H groups in total. The van der Waals surface area contributed by atoms with Gasteiger partial charge in [0.05, 0.1) is 0 Å². The van der Waals surface area contributed by atoms with E-state index < -0.39 is 0 Å². The van der Waals surface area contributed by atoms with Crippen LogP contribution in [0.1, 0.15) is 24.4 Å². The molecule has 19 heavy (non-hydrogen) atoms. The molecule has 0 aliphatic heterocycles. The zero-order valence-corrected chi connectivity index (χ0v) is 10.8. The van der Waals surface area contributed by atoms with E-state index in [0.717, 1.165) is 5.69 Å². The first kappa shape index (κ1) is 11.9. The molecule has 0 radical (unpaired) electrons. The minimum absolute atomic E-state index is 0.0733. The van der Waals surface area contributed by atoms with Crippen LogP contribution in [0.25, 0.3) is 0 Å². The second-order valence-electron chi connectivity index (χ2n) is 4.92. The highest BCUT2D eigenvalue weighted by Gasteiger charge is 2.18. The van der Waals surface area contributed by atoms with Gasteiger partial charge in [-0.15, -0.1) is 0 Å². The summed E-state index contributed by atoms with van der Waals surface area (Å²) in [5, 5.41) is 3.50. The molecular formula is C18H17N. The number of benzene rings is 2. The quantitative estimate of drug-likeness (QED) is 0.799. The SMILES string of the molecule is C(#C[C@H](Nc1ccccc1)c1ccccc1)C1CC1. The Bertz CT molecular complexity index is 573. The molecule has 0 spiro atoms. The maximum atomic E-state index is 3.50. The van der Waals surface area contributed by atoms with Gasteiger partial charge in [0.2, 0.25) is 0 Å². The summed E-state index contributed by atoms with van der Waals surface area (Å²) < 4.78 is 0. The summed E-state index contributed by atoms with van der Waals surface area (Å²) >= 11 is 0. The van der Waals surface area contributed by atoms with Gasteiger partial charge in [0.25, 0.3) is 0 Å². The lowest BCUT2D eigenvalue weighted by Crippen LogP contribution is -2.08. The van der Waals surface area contributed by atoms with Gasteiger partial charge in [0, 0.05) is 11.6 Å². The average molecular weight is 247 g/mol. The van der Waals surface area contributed by atoms with Crippen molar-refractivity contribution in [1.82, 2.24) is 0 Å². The molecule has 1 heteroatoms. The molecule has 1 nitrogen and oxygen atoms in total. The third-order valence-electron chi connectivity index (χ3n) is 3.23. The number of anilines is 1. The summed E-state index contributed by atoms with van der Waals surface area (Å²) in [5.41, 5.74) is 2.33. The summed E-state index contributed by atoms with van der Waals surface area (Å²) in [6.45, 7) is 0. The zero-order chi connectivity index (χ0) is 12.9. The molecule has 1 atom stereocenters. The summed E-state index contributed by atoms with van der Waals surface area (Å²) in [4.78, 5) is 0. The smallest absolute Gasteiger partial charge is 0.113 e. The molecular weight excluding hydrogens is 230 g/mol. The predicted octanol–water partition coefficient (Wildman–Crippen LogP) is 4.25. The number of hydrogen-bond donors (Lipinski definition) is 1. The van der Waals surface area contributed by atoms with Crippen molar-refractivity contribution < 1.29 is 0 Å². The summed E-state index contributed by atoms with van der Waals surface area (Å²) in [7, 11) is 0. The molecule has 0 saturated heterocycles. The van der Waals surface area contributed by atoms with Crippen molar-refractivity contribution in [2.45, 2.75) is 18.9 Å². The molecule has 1 saturated carbocycles. The number of para-hydroxylation sites is 1. The molecule has 2 aromatic carbocycles. The minimum atomic E-state index is 0.0733. The van der Waals surface area contributed by atoms with Crippen LogP contribution >= 0.6 is 0 Å². The van der Waals surface area contributed by atoms with E-state index in [4.69, 9.17) is 0 Å². The lowest BCUT2D eigenvalue weighted by molar-refractivity contribution is 1.01. The van der Waals surface area contributed by atoms with Crippen LogP contribution < -0.4 is 5.32 Å². The lowest BCUT2D eigenvalue weighted by Gasteiger charge is -2.14. The molecule has 2 aromatic rings. The van der Waals surface area contributed by atoms with Gasteiger partial charge in [-0.05, 0) is 30.5 Å². The fourth-order valence-electron chi connectivity index (χ4n) is 1.98. The Morgan fingerprint density at radius 3 is 2.16 bits per heavy atom. The Balaban J connectivity index is 1.82. The second kappa shape index (κ2) is 5.63. The highest BCUT2D eigenvalue weighted by molar-refractivity contribution is 5.48. The van der Waals surface area contributed by atoms with Crippen molar-refractivity contribution in [3.8, 4) is 11.8 Å². The Labute approximate surface area is 114 Å². The van der Waals surface area contributed by atoms with E-state index in [0.29, 0.717) is 5.92 Å². The molecule has 1 aliphatic carbocycles. The molecule has 0 heterocycles. The van der Waals surface area contributed by atoms with Crippen LogP contribution in [0.5, 0.6) is 0 Å². The summed E-state index contributed by atoms with van der Waals surface area (Å²) in [6.07, 6.45) is 2.53. The zero-order valence-electron chi connectivity index (χ0n) is 10.8. The van der Waals surface area contributed by atoms with E-state index in [1.165, 1.54) is 18.4 Å². The van der Waals surface area contributed by atoms with Crippen LogP contribution in [0.2, 0.25) is 0 Å². The van der Waals surface area contributed by atoms with Gasteiger partial charge in [-0.1, -0.05) is 60.4 Å². The fourth-order valence-corrected chi connectivity index (χ4v) is 1.98. The molecule has 0 aromatic heterocycles. The van der Waals surface area contributed by atoms with Gasteiger partial charge in [-0.3, -0.25) is 0 Å². The van der Waals surface area contributed by atoms with E-state index in [1.807, 2.05) is 24.3 Å². The predicted molar refractivity (Wildman–Crippen MR) is 79.7 cm³/mol. The third kappa shape index (κ3) is 3.39. The first-order chi connectivity index (χ1) is 9.42. The van der Waals surface area contributed by atoms with Gasteiger partial charge in [-0.2, -0.15) is 0 Å². The topological polar surface area (TPSA) is 12.0 Å². The summed E-state index contributed by atoms with van der Waals surface area (Å²) in [5.74, 6) is 7.38. The number of nitrogens with one attached hydrogen (secondary N) is 1. The lowest BCUT2D eigenvalue weighted by atomic mass is 10.1. The Morgan fingerprint density at radius 1 is 0.895 bits per heavy atom. The molecule has 0 amide bonds. The molecule has 1 aliphatic rings. The van der Waals surface area contributed by atoms with Crippen LogP contribution in [0, 0.1) is 17.8 Å². The van der Waals surface area contributed by atoms with Crippen LogP contribution in [-0.2, 0) is 0 Å². The Hall–Kier alpha value is -2.20. The normalized spacial score (nSPS) is 15.2. The largest absolute Gasteiger partial charge is 0.368 e. The fraction of sp³-hybridized carbons (Fsp3) is 0.222. The molecule has 0 bridgehead atoms. The van der Waals surface area contributed by atoms with Crippen molar-refractivity contribution in [3.05, 3.63) is 66.2 Å². The van der Waals surface area contributed by atoms with E-state index in [1.54, 1.807) is 0 Å². The van der Waals surface area contributed by atoms with Gasteiger partial charge in [0.15, 0.2) is 0 Å². The maximum absolute atomic E-state index is 3.50. The number of hydrogen-bond acceptors (Lipinski definition) is 1. The van der Waals surface area contributed by atoms with Crippen molar-refractivity contribution in [2.24, 2.45) is 5.92 Å². The van der Waals surface area contributed by atoms with Crippen molar-refractivity contribution >= 4 is 5.69 Å². The maximum Gasteiger partial charge on any atom is 0.113 e. The van der Waals surface area contributed by atoms with Crippen molar-refractivity contribution in [1.29, 1.82) is 0 Å². The number of rotatable bonds is 3. The van der Waals surface area contributed by atoms with Crippen LogP contribution in [0.15, 0.2) is 60.7 Å². The van der Waals surface area contributed by atoms with Crippen LogP contribution in [-0.4, -0.2) is 0 Å². The van der Waals surface area contributed by atoms with Gasteiger partial charge < -0.3 is 5.32 Å². The first-order valence-electron chi connectivity index (χ1n) is 6.79. The Kier molecular flexibility index (Phi) is 3.51. The minimum Gasteiger partial charge on any atom is -0.368 e. The van der Waals surface area contributed by atoms with Crippen molar-refractivity contribution in [2.75, 3.05) is 5.32 Å². The standard InChI is InChI=1S/C18H17N/c1-3-7-16(8-4-1)18(14-13-15-11-12-15)19-17-9-5-2-6-10-17/h1-10,15,18-19H,11-12H2/t18-/m0/s1. The van der Waals surface area contributed by atoms with Crippen molar-refractivity contribution in [3.63, 3.8) is 0 Å². The molecule has 94 valence electrons. The highest BCUT2D eigenvalue weighted by Crippen LogP contribution is 2.28. The van der Waals surface area contributed by atoms with Gasteiger partial charge in [-0.25, -0.2) is 0 Å². The van der Waals surface area contributed by atoms with E-state index >= 15 is 0 Å². The molecule has 1 fully saturated rings. The molecule has 0 unspecified atom stereocenters. The van der Waals surface area contributed by atoms with Crippen LogP contribution in [0.3, 0.4) is 0 Å². The van der Waals surface area contributed by atoms with Gasteiger partial charge >= 0.3 is 0 Å². The first-order valence-corrected chi connectivity index (χ1v) is 6.79. The van der Waals surface area contributed by atoms with E-state index in [2.05, 4.69) is 53.6 Å². The summed E-state index contributed by atoms with van der Waals surface area (Å²) in [6, 6.07) is 20.8. The third-order valence-corrected chi connectivity index (χ3v) is 3.23. The van der Waals surface area contributed by atoms with E-state index in [9.17, 15) is 0 Å². The average Bonchev–Trinajstić information content (AvgIpc) is 3.30. The van der Waals surface area contributed by atoms with E-state index in [-0.39, 0.29) is 6.04 Å². The monoisotopic (exact) mass is 247 g/mol. The van der Waals surface area contributed by atoms with Crippen LogP contribution in [0.4, 0.5) is 5.69 Å². The highest BCUT2D eigenvalue weighted by atomic mass is 14.9.